The third-order valence-corrected chi connectivity index (χ3v) is 3.47. The molecule has 0 aromatic rings. The summed E-state index contributed by atoms with van der Waals surface area (Å²) in [6.45, 7) is 19.3. The molecule has 0 saturated heterocycles. The molecule has 0 bridgehead atoms. The minimum Gasteiger partial charge on any atom is -0.303 e. The van der Waals surface area contributed by atoms with E-state index >= 15 is 0 Å². The van der Waals surface area contributed by atoms with Crippen LogP contribution >= 0.6 is 0 Å². The van der Waals surface area contributed by atoms with E-state index in [9.17, 15) is 0 Å². The molecule has 0 fully saturated rings. The van der Waals surface area contributed by atoms with Gasteiger partial charge in [-0.1, -0.05) is 93.4 Å². The van der Waals surface area contributed by atoms with Crippen LogP contribution in [0, 0.1) is 5.41 Å². The van der Waals surface area contributed by atoms with Crippen LogP contribution < -0.4 is 0 Å². The quantitative estimate of drug-likeness (QED) is 0.390. The fourth-order valence-electron chi connectivity index (χ4n) is 2.49. The molecule has 0 aliphatic rings. The smallest absolute Gasteiger partial charge is 0.00299 e. The Bertz CT molecular complexity index is 169. The standard InChI is InChI=1S/C17H37N.C2H6/c1-6-8-9-10-11-12-13-14-15-18(7-2)16-17(3,4)5;1-2/h6-16H2,1-5H3;1-2H3. The van der Waals surface area contributed by atoms with E-state index in [2.05, 4.69) is 39.5 Å². The maximum absolute atomic E-state index is 2.61. The second kappa shape index (κ2) is 15.4. The highest BCUT2D eigenvalue weighted by Crippen LogP contribution is 2.16. The Kier molecular flexibility index (Phi) is 17.1. The zero-order valence-electron chi connectivity index (χ0n) is 15.7. The van der Waals surface area contributed by atoms with Gasteiger partial charge in [0.1, 0.15) is 0 Å². The van der Waals surface area contributed by atoms with Gasteiger partial charge in [-0.2, -0.15) is 0 Å². The van der Waals surface area contributed by atoms with Gasteiger partial charge in [0.05, 0.1) is 0 Å². The minimum absolute atomic E-state index is 0.441. The molecule has 0 unspecified atom stereocenters. The number of hydrogen-bond donors (Lipinski definition) is 0. The SMILES string of the molecule is CC.CCCCCCCCCCN(CC)CC(C)(C)C. The lowest BCUT2D eigenvalue weighted by Crippen LogP contribution is -2.33. The fourth-order valence-corrected chi connectivity index (χ4v) is 2.49. The topological polar surface area (TPSA) is 3.24 Å². The van der Waals surface area contributed by atoms with Gasteiger partial charge < -0.3 is 4.90 Å². The van der Waals surface area contributed by atoms with E-state index in [1.54, 1.807) is 0 Å². The van der Waals surface area contributed by atoms with Crippen molar-refractivity contribution in [1.29, 1.82) is 0 Å². The molecule has 0 aromatic carbocycles. The first kappa shape index (κ1) is 22.2. The Morgan fingerprint density at radius 2 is 1.15 bits per heavy atom. The molecule has 0 aromatic heterocycles. The molecular formula is C19H43N. The number of nitrogens with zero attached hydrogens (tertiary/aromatic N) is 1. The summed E-state index contributed by atoms with van der Waals surface area (Å²) in [6, 6.07) is 0. The van der Waals surface area contributed by atoms with Crippen LogP contribution in [0.3, 0.4) is 0 Å². The van der Waals surface area contributed by atoms with Gasteiger partial charge in [0.2, 0.25) is 0 Å². The average Bonchev–Trinajstić information content (AvgIpc) is 2.41. The van der Waals surface area contributed by atoms with Crippen molar-refractivity contribution in [2.24, 2.45) is 5.41 Å². The maximum Gasteiger partial charge on any atom is 0.00299 e. The number of hydrogen-bond acceptors (Lipinski definition) is 1. The van der Waals surface area contributed by atoms with Crippen LogP contribution in [0.15, 0.2) is 0 Å². The second-order valence-corrected chi connectivity index (χ2v) is 6.90. The predicted molar refractivity (Wildman–Crippen MR) is 95.5 cm³/mol. The fraction of sp³-hybridized carbons (Fsp3) is 1.00. The normalized spacial score (nSPS) is 11.4. The Labute approximate surface area is 130 Å². The van der Waals surface area contributed by atoms with Gasteiger partial charge in [-0.3, -0.25) is 0 Å². The molecule has 0 heterocycles. The van der Waals surface area contributed by atoms with E-state index in [1.165, 1.54) is 71.0 Å². The molecule has 0 aliphatic heterocycles. The molecule has 0 amide bonds. The summed E-state index contributed by atoms with van der Waals surface area (Å²) in [5.74, 6) is 0. The van der Waals surface area contributed by atoms with Crippen LogP contribution in [0.25, 0.3) is 0 Å². The zero-order valence-corrected chi connectivity index (χ0v) is 15.7. The van der Waals surface area contributed by atoms with E-state index in [0.29, 0.717) is 5.41 Å². The monoisotopic (exact) mass is 285 g/mol. The van der Waals surface area contributed by atoms with Crippen LogP contribution in [-0.2, 0) is 0 Å². The lowest BCUT2D eigenvalue weighted by atomic mass is 9.96. The van der Waals surface area contributed by atoms with Crippen molar-refractivity contribution in [2.75, 3.05) is 19.6 Å². The minimum atomic E-state index is 0.441. The lowest BCUT2D eigenvalue weighted by molar-refractivity contribution is 0.196. The van der Waals surface area contributed by atoms with Gasteiger partial charge in [0.25, 0.3) is 0 Å². The summed E-state index contributed by atoms with van der Waals surface area (Å²) in [5.41, 5.74) is 0.441. The van der Waals surface area contributed by atoms with Crippen molar-refractivity contribution in [1.82, 2.24) is 4.90 Å². The van der Waals surface area contributed by atoms with Crippen molar-refractivity contribution in [3.8, 4) is 0 Å². The van der Waals surface area contributed by atoms with E-state index < -0.39 is 0 Å². The highest BCUT2D eigenvalue weighted by Gasteiger charge is 2.14. The van der Waals surface area contributed by atoms with Crippen molar-refractivity contribution in [2.45, 2.75) is 99.8 Å². The van der Waals surface area contributed by atoms with Crippen LogP contribution in [0.1, 0.15) is 99.8 Å². The molecule has 0 spiro atoms. The molecule has 0 N–H and O–H groups in total. The van der Waals surface area contributed by atoms with Gasteiger partial charge in [-0.05, 0) is 24.9 Å². The molecule has 1 nitrogen and oxygen atoms in total. The van der Waals surface area contributed by atoms with Crippen LogP contribution in [0.2, 0.25) is 0 Å². The Morgan fingerprint density at radius 3 is 1.55 bits per heavy atom. The molecular weight excluding hydrogens is 242 g/mol. The number of rotatable bonds is 11. The summed E-state index contributed by atoms with van der Waals surface area (Å²) < 4.78 is 0. The van der Waals surface area contributed by atoms with Crippen molar-refractivity contribution < 1.29 is 0 Å². The molecule has 0 aliphatic carbocycles. The number of unbranched alkanes of at least 4 members (excludes halogenated alkanes) is 7. The Balaban J connectivity index is 0. The van der Waals surface area contributed by atoms with Crippen LogP contribution in [-0.4, -0.2) is 24.5 Å². The van der Waals surface area contributed by atoms with Gasteiger partial charge in [-0.15, -0.1) is 0 Å². The van der Waals surface area contributed by atoms with E-state index in [4.69, 9.17) is 0 Å². The summed E-state index contributed by atoms with van der Waals surface area (Å²) in [6.07, 6.45) is 11.4. The Hall–Kier alpha value is -0.0400. The highest BCUT2D eigenvalue weighted by molar-refractivity contribution is 4.68. The third kappa shape index (κ3) is 18.0. The summed E-state index contributed by atoms with van der Waals surface area (Å²) >= 11 is 0. The van der Waals surface area contributed by atoms with Gasteiger partial charge in [0.15, 0.2) is 0 Å². The first-order valence-corrected chi connectivity index (χ1v) is 9.22. The van der Waals surface area contributed by atoms with Crippen molar-refractivity contribution in [3.05, 3.63) is 0 Å². The van der Waals surface area contributed by atoms with E-state index in [0.717, 1.165) is 0 Å². The molecule has 124 valence electrons. The molecule has 20 heavy (non-hydrogen) atoms. The van der Waals surface area contributed by atoms with Gasteiger partial charge in [0, 0.05) is 6.54 Å². The first-order chi connectivity index (χ1) is 9.49. The van der Waals surface area contributed by atoms with E-state index in [-0.39, 0.29) is 0 Å². The molecule has 0 saturated carbocycles. The van der Waals surface area contributed by atoms with Crippen LogP contribution in [0.5, 0.6) is 0 Å². The first-order valence-electron chi connectivity index (χ1n) is 9.22. The highest BCUT2D eigenvalue weighted by atomic mass is 15.1. The second-order valence-electron chi connectivity index (χ2n) is 6.90. The van der Waals surface area contributed by atoms with Gasteiger partial charge >= 0.3 is 0 Å². The molecule has 0 atom stereocenters. The van der Waals surface area contributed by atoms with Crippen molar-refractivity contribution in [3.63, 3.8) is 0 Å². The summed E-state index contributed by atoms with van der Waals surface area (Å²) in [7, 11) is 0. The third-order valence-electron chi connectivity index (χ3n) is 3.47. The van der Waals surface area contributed by atoms with Crippen molar-refractivity contribution >= 4 is 0 Å². The summed E-state index contributed by atoms with van der Waals surface area (Å²) in [4.78, 5) is 2.61. The molecule has 0 radical (unpaired) electrons. The molecule has 1 heteroatoms. The maximum atomic E-state index is 2.61. The summed E-state index contributed by atoms with van der Waals surface area (Å²) in [5, 5.41) is 0. The van der Waals surface area contributed by atoms with Gasteiger partial charge in [-0.25, -0.2) is 0 Å². The Morgan fingerprint density at radius 1 is 0.700 bits per heavy atom. The lowest BCUT2D eigenvalue weighted by Gasteiger charge is -2.28. The average molecular weight is 286 g/mol. The zero-order chi connectivity index (χ0) is 15.9. The predicted octanol–water partition coefficient (Wildman–Crippen LogP) is 6.52. The van der Waals surface area contributed by atoms with E-state index in [1.807, 2.05) is 13.8 Å². The largest absolute Gasteiger partial charge is 0.303 e. The molecule has 0 rings (SSSR count). The van der Waals surface area contributed by atoms with Crippen LogP contribution in [0.4, 0.5) is 0 Å².